The molecule has 0 spiro atoms. The highest BCUT2D eigenvalue weighted by Gasteiger charge is 2.17. The number of hydrogen-bond acceptors (Lipinski definition) is 4. The van der Waals surface area contributed by atoms with Crippen molar-refractivity contribution in [3.05, 3.63) is 39.3 Å². The van der Waals surface area contributed by atoms with E-state index >= 15 is 0 Å². The Labute approximate surface area is 149 Å². The van der Waals surface area contributed by atoms with E-state index in [1.54, 1.807) is 12.1 Å². The Morgan fingerprint density at radius 1 is 1.30 bits per heavy atom. The molecule has 23 heavy (non-hydrogen) atoms. The summed E-state index contributed by atoms with van der Waals surface area (Å²) in [6.07, 6.45) is 1.33. The molecule has 1 aromatic heterocycles. The molecular weight excluding hydrogens is 353 g/mol. The van der Waals surface area contributed by atoms with Gasteiger partial charge in [-0.3, -0.25) is 4.79 Å². The summed E-state index contributed by atoms with van der Waals surface area (Å²) < 4.78 is 0. The maximum Gasteiger partial charge on any atom is 0.228 e. The maximum absolute atomic E-state index is 12.4. The SMILES string of the molecule is O=C(Cc1csc(-c2ccc(Cl)cc2Cl)n1)N1CCCNCC1. The second-order valence-corrected chi connectivity index (χ2v) is 7.13. The minimum atomic E-state index is 0.132. The number of carbonyl (C=O) groups is 1. The summed E-state index contributed by atoms with van der Waals surface area (Å²) in [4.78, 5) is 18.9. The first-order valence-electron chi connectivity index (χ1n) is 7.52. The lowest BCUT2D eigenvalue weighted by Gasteiger charge is -2.19. The molecule has 2 aromatic rings. The Bertz CT molecular complexity index is 696. The minimum Gasteiger partial charge on any atom is -0.341 e. The van der Waals surface area contributed by atoms with Crippen LogP contribution in [0.25, 0.3) is 10.6 Å². The van der Waals surface area contributed by atoms with E-state index in [1.807, 2.05) is 16.3 Å². The lowest BCUT2D eigenvalue weighted by molar-refractivity contribution is -0.130. The number of nitrogens with one attached hydrogen (secondary N) is 1. The molecule has 1 fully saturated rings. The number of aromatic nitrogens is 1. The zero-order valence-electron chi connectivity index (χ0n) is 12.5. The summed E-state index contributed by atoms with van der Waals surface area (Å²) in [6.45, 7) is 3.40. The van der Waals surface area contributed by atoms with Crippen LogP contribution in [0.4, 0.5) is 0 Å². The smallest absolute Gasteiger partial charge is 0.228 e. The van der Waals surface area contributed by atoms with Gasteiger partial charge in [-0.1, -0.05) is 23.2 Å². The van der Waals surface area contributed by atoms with Crippen molar-refractivity contribution < 1.29 is 4.79 Å². The highest BCUT2D eigenvalue weighted by Crippen LogP contribution is 2.32. The molecule has 1 amide bonds. The Balaban J connectivity index is 1.70. The summed E-state index contributed by atoms with van der Waals surface area (Å²) in [5.74, 6) is 0.132. The second-order valence-electron chi connectivity index (χ2n) is 5.43. The van der Waals surface area contributed by atoms with Crippen LogP contribution in [0.5, 0.6) is 0 Å². The number of thiazole rings is 1. The molecule has 2 heterocycles. The first kappa shape index (κ1) is 16.7. The van der Waals surface area contributed by atoms with Gasteiger partial charge in [0.25, 0.3) is 0 Å². The Morgan fingerprint density at radius 2 is 2.17 bits per heavy atom. The van der Waals surface area contributed by atoms with Crippen LogP contribution >= 0.6 is 34.5 Å². The number of nitrogens with zero attached hydrogens (tertiary/aromatic N) is 2. The van der Waals surface area contributed by atoms with Gasteiger partial charge in [0.15, 0.2) is 0 Å². The summed E-state index contributed by atoms with van der Waals surface area (Å²) in [7, 11) is 0. The molecule has 1 aromatic carbocycles. The van der Waals surface area contributed by atoms with E-state index in [4.69, 9.17) is 23.2 Å². The predicted octanol–water partition coefficient (Wildman–Crippen LogP) is 3.48. The molecular formula is C16H17Cl2N3OS. The molecule has 0 aliphatic carbocycles. The van der Waals surface area contributed by atoms with Crippen molar-refractivity contribution in [2.24, 2.45) is 0 Å². The molecule has 7 heteroatoms. The van der Waals surface area contributed by atoms with Gasteiger partial charge in [0.2, 0.25) is 5.91 Å². The fourth-order valence-corrected chi connectivity index (χ4v) is 3.95. The fourth-order valence-electron chi connectivity index (χ4n) is 2.54. The van der Waals surface area contributed by atoms with E-state index in [9.17, 15) is 4.79 Å². The summed E-state index contributed by atoms with van der Waals surface area (Å²) >= 11 is 13.6. The van der Waals surface area contributed by atoms with Crippen molar-refractivity contribution in [1.29, 1.82) is 0 Å². The minimum absolute atomic E-state index is 0.132. The molecule has 1 N–H and O–H groups in total. The van der Waals surface area contributed by atoms with Gasteiger partial charge in [-0.05, 0) is 31.2 Å². The average Bonchev–Trinajstić information content (AvgIpc) is 2.81. The molecule has 1 saturated heterocycles. The van der Waals surface area contributed by atoms with Crippen LogP contribution < -0.4 is 5.32 Å². The standard InChI is InChI=1S/C16H17Cl2N3OS/c17-11-2-3-13(14(18)8-11)16-20-12(10-23-16)9-15(22)21-6-1-4-19-5-7-21/h2-3,8,10,19H,1,4-7,9H2. The van der Waals surface area contributed by atoms with Crippen LogP contribution in [0, 0.1) is 0 Å². The number of benzene rings is 1. The third-order valence-corrected chi connectivity index (χ3v) is 5.21. The first-order chi connectivity index (χ1) is 11.1. The van der Waals surface area contributed by atoms with Gasteiger partial charge in [-0.15, -0.1) is 11.3 Å². The van der Waals surface area contributed by atoms with Crippen molar-refractivity contribution in [2.75, 3.05) is 26.2 Å². The number of carbonyl (C=O) groups excluding carboxylic acids is 1. The third kappa shape index (κ3) is 4.23. The molecule has 1 aliphatic rings. The second kappa shape index (κ2) is 7.62. The molecule has 3 rings (SSSR count). The lowest BCUT2D eigenvalue weighted by Crippen LogP contribution is -2.35. The van der Waals surface area contributed by atoms with Gasteiger partial charge in [-0.25, -0.2) is 4.98 Å². The van der Waals surface area contributed by atoms with Gasteiger partial charge in [-0.2, -0.15) is 0 Å². The van der Waals surface area contributed by atoms with Crippen molar-refractivity contribution in [3.63, 3.8) is 0 Å². The van der Waals surface area contributed by atoms with E-state index in [2.05, 4.69) is 10.3 Å². The van der Waals surface area contributed by atoms with Crippen LogP contribution in [-0.2, 0) is 11.2 Å². The lowest BCUT2D eigenvalue weighted by atomic mass is 10.2. The van der Waals surface area contributed by atoms with Gasteiger partial charge in [0.05, 0.1) is 17.1 Å². The molecule has 4 nitrogen and oxygen atoms in total. The summed E-state index contributed by atoms with van der Waals surface area (Å²) in [6, 6.07) is 5.35. The van der Waals surface area contributed by atoms with Crippen LogP contribution in [-0.4, -0.2) is 42.0 Å². The number of amides is 1. The molecule has 0 radical (unpaired) electrons. The quantitative estimate of drug-likeness (QED) is 0.900. The van der Waals surface area contributed by atoms with Gasteiger partial charge >= 0.3 is 0 Å². The molecule has 1 aliphatic heterocycles. The van der Waals surface area contributed by atoms with Crippen molar-refractivity contribution >= 4 is 40.4 Å². The Kier molecular flexibility index (Phi) is 5.54. The first-order valence-corrected chi connectivity index (χ1v) is 9.15. The van der Waals surface area contributed by atoms with Gasteiger partial charge in [0, 0.05) is 35.6 Å². The maximum atomic E-state index is 12.4. The summed E-state index contributed by atoms with van der Waals surface area (Å²) in [5, 5.41) is 7.21. The van der Waals surface area contributed by atoms with Crippen molar-refractivity contribution in [2.45, 2.75) is 12.8 Å². The van der Waals surface area contributed by atoms with Crippen LogP contribution in [0.15, 0.2) is 23.6 Å². The largest absolute Gasteiger partial charge is 0.341 e. The highest BCUT2D eigenvalue weighted by atomic mass is 35.5. The zero-order valence-corrected chi connectivity index (χ0v) is 14.8. The molecule has 0 bridgehead atoms. The van der Waals surface area contributed by atoms with Crippen LogP contribution in [0.3, 0.4) is 0 Å². The highest BCUT2D eigenvalue weighted by molar-refractivity contribution is 7.13. The van der Waals surface area contributed by atoms with Crippen molar-refractivity contribution in [1.82, 2.24) is 15.2 Å². The Morgan fingerprint density at radius 3 is 3.00 bits per heavy atom. The van der Waals surface area contributed by atoms with Gasteiger partial charge < -0.3 is 10.2 Å². The Hall–Kier alpha value is -1.14. The number of rotatable bonds is 3. The van der Waals surface area contributed by atoms with Crippen LogP contribution in [0.1, 0.15) is 12.1 Å². The topological polar surface area (TPSA) is 45.2 Å². The third-order valence-electron chi connectivity index (χ3n) is 3.74. The molecule has 122 valence electrons. The van der Waals surface area contributed by atoms with Crippen LogP contribution in [0.2, 0.25) is 10.0 Å². The fraction of sp³-hybridized carbons (Fsp3) is 0.375. The molecule has 0 unspecified atom stereocenters. The molecule has 0 saturated carbocycles. The van der Waals surface area contributed by atoms with Gasteiger partial charge in [0.1, 0.15) is 5.01 Å². The zero-order chi connectivity index (χ0) is 16.2. The van der Waals surface area contributed by atoms with E-state index < -0.39 is 0 Å². The van der Waals surface area contributed by atoms with E-state index in [0.29, 0.717) is 16.5 Å². The monoisotopic (exact) mass is 369 g/mol. The summed E-state index contributed by atoms with van der Waals surface area (Å²) in [5.41, 5.74) is 1.64. The van der Waals surface area contributed by atoms with E-state index in [1.165, 1.54) is 11.3 Å². The predicted molar refractivity (Wildman–Crippen MR) is 95.3 cm³/mol. The number of hydrogen-bond donors (Lipinski definition) is 1. The van der Waals surface area contributed by atoms with Crippen molar-refractivity contribution in [3.8, 4) is 10.6 Å². The van der Waals surface area contributed by atoms with E-state index in [-0.39, 0.29) is 5.91 Å². The molecule has 0 atom stereocenters. The average molecular weight is 370 g/mol. The van der Waals surface area contributed by atoms with E-state index in [0.717, 1.165) is 48.9 Å². The normalized spacial score (nSPS) is 15.5. The number of halogens is 2.